The second-order valence-corrected chi connectivity index (χ2v) is 8.38. The van der Waals surface area contributed by atoms with Gasteiger partial charge in [-0.25, -0.2) is 0 Å². The maximum atomic E-state index is 12.9. The third kappa shape index (κ3) is 6.54. The molecule has 3 aromatic rings. The maximum Gasteiger partial charge on any atom is 0.573 e. The molecule has 35 heavy (non-hydrogen) atoms. The number of rotatable bonds is 7. The SMILES string of the molecule is Cc1noc(C)c1COc1ccc(C(=O)N2CCN(Cc3ccc(OC(F)(F)F)cc3)CC2)cc1. The van der Waals surface area contributed by atoms with E-state index < -0.39 is 6.36 Å². The number of amides is 1. The van der Waals surface area contributed by atoms with Gasteiger partial charge < -0.3 is 18.9 Å². The molecule has 1 saturated heterocycles. The summed E-state index contributed by atoms with van der Waals surface area (Å²) in [6, 6.07) is 12.9. The Labute approximate surface area is 201 Å². The quantitative estimate of drug-likeness (QED) is 0.478. The van der Waals surface area contributed by atoms with E-state index in [9.17, 15) is 18.0 Å². The van der Waals surface area contributed by atoms with E-state index in [4.69, 9.17) is 9.26 Å². The lowest BCUT2D eigenvalue weighted by molar-refractivity contribution is -0.274. The van der Waals surface area contributed by atoms with E-state index >= 15 is 0 Å². The first-order chi connectivity index (χ1) is 16.7. The summed E-state index contributed by atoms with van der Waals surface area (Å²) in [5, 5.41) is 3.91. The van der Waals surface area contributed by atoms with Crippen LogP contribution in [0.5, 0.6) is 11.5 Å². The summed E-state index contributed by atoms with van der Waals surface area (Å²) >= 11 is 0. The molecule has 1 aromatic heterocycles. The van der Waals surface area contributed by atoms with Crippen molar-refractivity contribution in [1.82, 2.24) is 15.0 Å². The first-order valence-corrected chi connectivity index (χ1v) is 11.2. The second-order valence-electron chi connectivity index (χ2n) is 8.38. The number of hydrogen-bond acceptors (Lipinski definition) is 6. The van der Waals surface area contributed by atoms with Gasteiger partial charge in [-0.2, -0.15) is 0 Å². The van der Waals surface area contributed by atoms with Gasteiger partial charge in [0.1, 0.15) is 23.9 Å². The molecule has 2 heterocycles. The maximum absolute atomic E-state index is 12.9. The first kappa shape index (κ1) is 24.6. The zero-order valence-electron chi connectivity index (χ0n) is 19.5. The van der Waals surface area contributed by atoms with Gasteiger partial charge in [-0.1, -0.05) is 17.3 Å². The van der Waals surface area contributed by atoms with Crippen molar-refractivity contribution in [3.05, 3.63) is 76.7 Å². The molecular formula is C25H26F3N3O4. The topological polar surface area (TPSA) is 68.0 Å². The van der Waals surface area contributed by atoms with Crippen molar-refractivity contribution in [3.63, 3.8) is 0 Å². The van der Waals surface area contributed by atoms with E-state index in [1.54, 1.807) is 41.3 Å². The third-order valence-corrected chi connectivity index (χ3v) is 5.89. The lowest BCUT2D eigenvalue weighted by Crippen LogP contribution is -2.48. The number of carbonyl (C=O) groups excluding carboxylic acids is 1. The van der Waals surface area contributed by atoms with Gasteiger partial charge >= 0.3 is 6.36 Å². The number of piperazine rings is 1. The summed E-state index contributed by atoms with van der Waals surface area (Å²) in [4.78, 5) is 16.9. The van der Waals surface area contributed by atoms with Crippen LogP contribution in [-0.2, 0) is 13.2 Å². The summed E-state index contributed by atoms with van der Waals surface area (Å²) in [6.45, 7) is 7.11. The van der Waals surface area contributed by atoms with Gasteiger partial charge in [0.15, 0.2) is 0 Å². The molecule has 0 unspecified atom stereocenters. The molecule has 0 saturated carbocycles. The monoisotopic (exact) mass is 489 g/mol. The summed E-state index contributed by atoms with van der Waals surface area (Å²) in [7, 11) is 0. The molecule has 1 fully saturated rings. The normalized spacial score (nSPS) is 14.7. The van der Waals surface area contributed by atoms with Gasteiger partial charge in [0.25, 0.3) is 5.91 Å². The molecule has 10 heteroatoms. The smallest absolute Gasteiger partial charge is 0.489 e. The van der Waals surface area contributed by atoms with Crippen LogP contribution in [0.2, 0.25) is 0 Å². The summed E-state index contributed by atoms with van der Waals surface area (Å²) < 4.78 is 51.7. The fourth-order valence-electron chi connectivity index (χ4n) is 3.90. The number of nitrogens with zero attached hydrogens (tertiary/aromatic N) is 3. The number of ether oxygens (including phenoxy) is 2. The largest absolute Gasteiger partial charge is 0.573 e. The van der Waals surface area contributed by atoms with Gasteiger partial charge in [0, 0.05) is 38.3 Å². The number of alkyl halides is 3. The second kappa shape index (κ2) is 10.4. The molecule has 4 rings (SSSR count). The van der Waals surface area contributed by atoms with Crippen LogP contribution in [0.4, 0.5) is 13.2 Å². The van der Waals surface area contributed by atoms with Crippen molar-refractivity contribution >= 4 is 5.91 Å². The predicted octanol–water partition coefficient (Wildman–Crippen LogP) is 4.73. The van der Waals surface area contributed by atoms with Gasteiger partial charge in [-0.3, -0.25) is 9.69 Å². The fourth-order valence-corrected chi connectivity index (χ4v) is 3.90. The lowest BCUT2D eigenvalue weighted by atomic mass is 10.1. The van der Waals surface area contributed by atoms with Crippen LogP contribution in [0.15, 0.2) is 53.1 Å². The Balaban J connectivity index is 1.25. The molecule has 0 spiro atoms. The number of benzene rings is 2. The highest BCUT2D eigenvalue weighted by atomic mass is 19.4. The highest BCUT2D eigenvalue weighted by Crippen LogP contribution is 2.23. The average Bonchev–Trinajstić information content (AvgIpc) is 3.15. The van der Waals surface area contributed by atoms with Crippen molar-refractivity contribution in [1.29, 1.82) is 0 Å². The van der Waals surface area contributed by atoms with E-state index in [2.05, 4.69) is 14.8 Å². The van der Waals surface area contributed by atoms with E-state index in [0.29, 0.717) is 50.6 Å². The Kier molecular flexibility index (Phi) is 7.30. The van der Waals surface area contributed by atoms with Crippen molar-refractivity contribution in [2.24, 2.45) is 0 Å². The molecule has 0 radical (unpaired) electrons. The fraction of sp³-hybridized carbons (Fsp3) is 0.360. The van der Waals surface area contributed by atoms with Crippen LogP contribution in [0.1, 0.15) is 32.9 Å². The highest BCUT2D eigenvalue weighted by Gasteiger charge is 2.31. The zero-order chi connectivity index (χ0) is 25.0. The Morgan fingerprint density at radius 3 is 2.17 bits per heavy atom. The number of halogens is 3. The average molecular weight is 489 g/mol. The molecule has 1 aliphatic rings. The first-order valence-electron chi connectivity index (χ1n) is 11.2. The van der Waals surface area contributed by atoms with Crippen LogP contribution in [0.3, 0.4) is 0 Å². The molecule has 1 aliphatic heterocycles. The minimum Gasteiger partial charge on any atom is -0.489 e. The Morgan fingerprint density at radius 1 is 0.971 bits per heavy atom. The molecule has 0 atom stereocenters. The summed E-state index contributed by atoms with van der Waals surface area (Å²) in [5.41, 5.74) is 3.17. The standard InChI is InChI=1S/C25H26F3N3O4/c1-17-23(18(2)35-29-17)16-33-21-9-5-20(6-10-21)24(32)31-13-11-30(12-14-31)15-19-3-7-22(8-4-19)34-25(26,27)28/h3-10H,11-16H2,1-2H3. The third-order valence-electron chi connectivity index (χ3n) is 5.89. The van der Waals surface area contributed by atoms with E-state index in [1.165, 1.54) is 12.1 Å². The van der Waals surface area contributed by atoms with Crippen LogP contribution in [0, 0.1) is 13.8 Å². The highest BCUT2D eigenvalue weighted by molar-refractivity contribution is 5.94. The number of hydrogen-bond donors (Lipinski definition) is 0. The Bertz CT molecular complexity index is 1120. The molecule has 0 bridgehead atoms. The van der Waals surface area contributed by atoms with Gasteiger partial charge in [0.2, 0.25) is 0 Å². The van der Waals surface area contributed by atoms with Gasteiger partial charge in [0.05, 0.1) is 11.3 Å². The minimum absolute atomic E-state index is 0.0458. The van der Waals surface area contributed by atoms with Crippen molar-refractivity contribution in [2.45, 2.75) is 33.4 Å². The molecule has 0 aliphatic carbocycles. The van der Waals surface area contributed by atoms with Crippen molar-refractivity contribution in [2.75, 3.05) is 26.2 Å². The molecule has 1 amide bonds. The van der Waals surface area contributed by atoms with E-state index in [0.717, 1.165) is 22.6 Å². The summed E-state index contributed by atoms with van der Waals surface area (Å²) in [6.07, 6.45) is -4.70. The van der Waals surface area contributed by atoms with Crippen molar-refractivity contribution < 1.29 is 32.0 Å². The van der Waals surface area contributed by atoms with Gasteiger partial charge in [-0.15, -0.1) is 13.2 Å². The molecule has 0 N–H and O–H groups in total. The number of aryl methyl sites for hydroxylation is 2. The predicted molar refractivity (Wildman–Crippen MR) is 121 cm³/mol. The molecule has 186 valence electrons. The zero-order valence-corrected chi connectivity index (χ0v) is 19.5. The van der Waals surface area contributed by atoms with Crippen molar-refractivity contribution in [3.8, 4) is 11.5 Å². The number of aromatic nitrogens is 1. The number of carbonyl (C=O) groups is 1. The minimum atomic E-state index is -4.70. The van der Waals surface area contributed by atoms with Crippen LogP contribution in [-0.4, -0.2) is 53.4 Å². The lowest BCUT2D eigenvalue weighted by Gasteiger charge is -2.34. The van der Waals surface area contributed by atoms with Gasteiger partial charge in [-0.05, 0) is 55.8 Å². The molecule has 2 aromatic carbocycles. The van der Waals surface area contributed by atoms with Crippen LogP contribution >= 0.6 is 0 Å². The van der Waals surface area contributed by atoms with Crippen LogP contribution < -0.4 is 9.47 Å². The van der Waals surface area contributed by atoms with E-state index in [1.807, 2.05) is 13.8 Å². The van der Waals surface area contributed by atoms with Crippen LogP contribution in [0.25, 0.3) is 0 Å². The Hall–Kier alpha value is -3.53. The van der Waals surface area contributed by atoms with E-state index in [-0.39, 0.29) is 11.7 Å². The molecular weight excluding hydrogens is 463 g/mol. The summed E-state index contributed by atoms with van der Waals surface area (Å²) in [5.74, 6) is 1.09. The Morgan fingerprint density at radius 2 is 1.60 bits per heavy atom. The molecule has 7 nitrogen and oxygen atoms in total.